The average Bonchev–Trinajstić information content (AvgIpc) is 2.83. The monoisotopic (exact) mass is 437 g/mol. The normalized spacial score (nSPS) is 15.2. The maximum absolute atomic E-state index is 13.4. The van der Waals surface area contributed by atoms with Gasteiger partial charge in [-0.3, -0.25) is 14.5 Å². The fourth-order valence-electron chi connectivity index (χ4n) is 3.97. The van der Waals surface area contributed by atoms with Crippen LogP contribution < -0.4 is 5.32 Å². The number of nitrogens with one attached hydrogen (secondary N) is 1. The summed E-state index contributed by atoms with van der Waals surface area (Å²) in [6.45, 7) is 7.01. The predicted octanol–water partition coefficient (Wildman–Crippen LogP) is 2.88. The van der Waals surface area contributed by atoms with Crippen molar-refractivity contribution in [3.63, 3.8) is 0 Å². The molecule has 3 rings (SSSR count). The molecule has 1 N–H and O–H groups in total. The Morgan fingerprint density at radius 1 is 1.00 bits per heavy atom. The van der Waals surface area contributed by atoms with Gasteiger partial charge in [-0.25, -0.2) is 0 Å². The third-order valence-corrected chi connectivity index (χ3v) is 5.76. The lowest BCUT2D eigenvalue weighted by Crippen LogP contribution is -2.51. The first-order valence-corrected chi connectivity index (χ1v) is 11.6. The molecule has 1 saturated heterocycles. The molecular weight excluding hydrogens is 402 g/mol. The molecule has 1 heterocycles. The third kappa shape index (κ3) is 7.46. The van der Waals surface area contributed by atoms with E-state index in [0.717, 1.165) is 50.4 Å². The van der Waals surface area contributed by atoms with E-state index in [2.05, 4.69) is 10.2 Å². The molecule has 1 aliphatic rings. The van der Waals surface area contributed by atoms with Crippen LogP contribution in [0.15, 0.2) is 60.7 Å². The number of hydrogen-bond acceptors (Lipinski definition) is 4. The lowest BCUT2D eigenvalue weighted by molar-refractivity contribution is -0.141. The molecule has 6 nitrogen and oxygen atoms in total. The summed E-state index contributed by atoms with van der Waals surface area (Å²) < 4.78 is 5.40. The molecule has 32 heavy (non-hydrogen) atoms. The molecule has 2 aromatic carbocycles. The van der Waals surface area contributed by atoms with Gasteiger partial charge in [-0.05, 0) is 17.5 Å². The minimum absolute atomic E-state index is 0.0145. The predicted molar refractivity (Wildman–Crippen MR) is 126 cm³/mol. The Kier molecular flexibility index (Phi) is 9.72. The highest BCUT2D eigenvalue weighted by molar-refractivity contribution is 5.88. The van der Waals surface area contributed by atoms with Crippen LogP contribution in [0.5, 0.6) is 0 Å². The Balaban J connectivity index is 1.75. The van der Waals surface area contributed by atoms with Crippen molar-refractivity contribution >= 4 is 11.8 Å². The fraction of sp³-hybridized carbons (Fsp3) is 0.462. The van der Waals surface area contributed by atoms with Gasteiger partial charge in [0.25, 0.3) is 0 Å². The zero-order chi connectivity index (χ0) is 22.6. The molecule has 2 amide bonds. The molecular formula is C26H35N3O3. The van der Waals surface area contributed by atoms with E-state index in [1.165, 1.54) is 0 Å². The van der Waals surface area contributed by atoms with Crippen molar-refractivity contribution in [2.75, 3.05) is 39.4 Å². The van der Waals surface area contributed by atoms with Gasteiger partial charge in [0.2, 0.25) is 11.8 Å². The first kappa shape index (κ1) is 24.0. The number of rotatable bonds is 11. The summed E-state index contributed by atoms with van der Waals surface area (Å²) in [5.41, 5.74) is 2.07. The standard InChI is InChI=1S/C26H35N3O3/c1-2-9-25(30)29(21-23-12-7-4-8-13-23)24(20-22-10-5-3-6-11-22)26(31)27-14-15-28-16-18-32-19-17-28/h3-8,10-13,24H,2,9,14-21H2,1H3,(H,27,31). The third-order valence-electron chi connectivity index (χ3n) is 5.76. The number of amides is 2. The van der Waals surface area contributed by atoms with E-state index in [-0.39, 0.29) is 11.8 Å². The maximum Gasteiger partial charge on any atom is 0.243 e. The van der Waals surface area contributed by atoms with Crippen LogP contribution in [0.1, 0.15) is 30.9 Å². The van der Waals surface area contributed by atoms with Crippen LogP contribution in [0.3, 0.4) is 0 Å². The summed E-state index contributed by atoms with van der Waals surface area (Å²) in [7, 11) is 0. The second-order valence-electron chi connectivity index (χ2n) is 8.21. The summed E-state index contributed by atoms with van der Waals surface area (Å²) in [6.07, 6.45) is 1.67. The van der Waals surface area contributed by atoms with Crippen LogP contribution in [0, 0.1) is 0 Å². The van der Waals surface area contributed by atoms with E-state index in [4.69, 9.17) is 4.74 Å². The molecule has 6 heteroatoms. The van der Waals surface area contributed by atoms with E-state index in [1.54, 1.807) is 4.90 Å². The second-order valence-corrected chi connectivity index (χ2v) is 8.21. The number of carbonyl (C=O) groups is 2. The molecule has 0 radical (unpaired) electrons. The minimum Gasteiger partial charge on any atom is -0.379 e. The maximum atomic E-state index is 13.4. The molecule has 1 aliphatic heterocycles. The van der Waals surface area contributed by atoms with Gasteiger partial charge >= 0.3 is 0 Å². The van der Waals surface area contributed by atoms with E-state index >= 15 is 0 Å². The van der Waals surface area contributed by atoms with Gasteiger partial charge in [0.05, 0.1) is 13.2 Å². The molecule has 172 valence electrons. The average molecular weight is 438 g/mol. The molecule has 0 bridgehead atoms. The van der Waals surface area contributed by atoms with Gasteiger partial charge in [-0.1, -0.05) is 67.6 Å². The zero-order valence-electron chi connectivity index (χ0n) is 19.0. The van der Waals surface area contributed by atoms with Gasteiger partial charge in [-0.15, -0.1) is 0 Å². The van der Waals surface area contributed by atoms with Gasteiger partial charge in [-0.2, -0.15) is 0 Å². The number of benzene rings is 2. The number of morpholine rings is 1. The topological polar surface area (TPSA) is 61.9 Å². The van der Waals surface area contributed by atoms with Crippen LogP contribution in [0.25, 0.3) is 0 Å². The number of hydrogen-bond donors (Lipinski definition) is 1. The van der Waals surface area contributed by atoms with Crippen LogP contribution >= 0.6 is 0 Å². The Morgan fingerprint density at radius 2 is 1.62 bits per heavy atom. The molecule has 1 unspecified atom stereocenters. The molecule has 1 fully saturated rings. The van der Waals surface area contributed by atoms with E-state index in [0.29, 0.717) is 25.9 Å². The minimum atomic E-state index is -0.554. The molecule has 0 spiro atoms. The van der Waals surface area contributed by atoms with Crippen molar-refractivity contribution < 1.29 is 14.3 Å². The number of nitrogens with zero attached hydrogens (tertiary/aromatic N) is 2. The number of ether oxygens (including phenoxy) is 1. The highest BCUT2D eigenvalue weighted by Gasteiger charge is 2.29. The van der Waals surface area contributed by atoms with Gasteiger partial charge in [0.15, 0.2) is 0 Å². The summed E-state index contributed by atoms with van der Waals surface area (Å²) in [4.78, 5) is 30.6. The first-order chi connectivity index (χ1) is 15.7. The summed E-state index contributed by atoms with van der Waals surface area (Å²) in [6, 6.07) is 19.3. The van der Waals surface area contributed by atoms with Gasteiger partial charge < -0.3 is 15.0 Å². The van der Waals surface area contributed by atoms with Crippen molar-refractivity contribution in [1.82, 2.24) is 15.1 Å². The summed E-state index contributed by atoms with van der Waals surface area (Å²) in [5, 5.41) is 3.10. The Morgan fingerprint density at radius 3 is 2.25 bits per heavy atom. The van der Waals surface area contributed by atoms with E-state index < -0.39 is 6.04 Å². The Bertz CT molecular complexity index is 823. The van der Waals surface area contributed by atoms with Crippen LogP contribution in [-0.4, -0.2) is 67.0 Å². The van der Waals surface area contributed by atoms with Crippen LogP contribution in [0.2, 0.25) is 0 Å². The fourth-order valence-corrected chi connectivity index (χ4v) is 3.97. The molecule has 0 saturated carbocycles. The molecule has 1 atom stereocenters. The summed E-state index contributed by atoms with van der Waals surface area (Å²) >= 11 is 0. The van der Waals surface area contributed by atoms with Gasteiger partial charge in [0, 0.05) is 45.6 Å². The van der Waals surface area contributed by atoms with Crippen molar-refractivity contribution in [1.29, 1.82) is 0 Å². The largest absolute Gasteiger partial charge is 0.379 e. The quantitative estimate of drug-likeness (QED) is 0.587. The summed E-state index contributed by atoms with van der Waals surface area (Å²) in [5.74, 6) is -0.0805. The van der Waals surface area contributed by atoms with Crippen molar-refractivity contribution in [3.05, 3.63) is 71.8 Å². The first-order valence-electron chi connectivity index (χ1n) is 11.6. The molecule has 0 aliphatic carbocycles. The van der Waals surface area contributed by atoms with Crippen LogP contribution in [-0.2, 0) is 27.3 Å². The highest BCUT2D eigenvalue weighted by Crippen LogP contribution is 2.16. The van der Waals surface area contributed by atoms with E-state index in [1.807, 2.05) is 67.6 Å². The number of carbonyl (C=O) groups excluding carboxylic acids is 2. The zero-order valence-corrected chi connectivity index (χ0v) is 19.0. The lowest BCUT2D eigenvalue weighted by atomic mass is 10.0. The molecule has 0 aromatic heterocycles. The smallest absolute Gasteiger partial charge is 0.243 e. The lowest BCUT2D eigenvalue weighted by Gasteiger charge is -2.32. The van der Waals surface area contributed by atoms with Crippen molar-refractivity contribution in [3.8, 4) is 0 Å². The SMILES string of the molecule is CCCC(=O)N(Cc1ccccc1)C(Cc1ccccc1)C(=O)NCCN1CCOCC1. The van der Waals surface area contributed by atoms with Crippen molar-refractivity contribution in [2.45, 2.75) is 38.8 Å². The molecule has 2 aromatic rings. The van der Waals surface area contributed by atoms with Crippen molar-refractivity contribution in [2.24, 2.45) is 0 Å². The Hall–Kier alpha value is -2.70. The van der Waals surface area contributed by atoms with Crippen LogP contribution in [0.4, 0.5) is 0 Å². The second kappa shape index (κ2) is 13.0. The van der Waals surface area contributed by atoms with E-state index in [9.17, 15) is 9.59 Å². The van der Waals surface area contributed by atoms with Gasteiger partial charge in [0.1, 0.15) is 6.04 Å². The highest BCUT2D eigenvalue weighted by atomic mass is 16.5. The Labute approximate surface area is 191 Å².